The standard InChI is InChI=1S/C13H29NO2/c1-5-7-8-15-9-10-16-11-13(14-4)12(3)6-2/h12-14H,5-11H2,1-4H3. The van der Waals surface area contributed by atoms with E-state index in [1.807, 2.05) is 7.05 Å². The van der Waals surface area contributed by atoms with Crippen LogP contribution in [0.3, 0.4) is 0 Å². The fourth-order valence-corrected chi connectivity index (χ4v) is 1.49. The van der Waals surface area contributed by atoms with Crippen LogP contribution in [-0.2, 0) is 9.47 Å². The Balaban J connectivity index is 3.34. The zero-order valence-electron chi connectivity index (χ0n) is 11.4. The lowest BCUT2D eigenvalue weighted by molar-refractivity contribution is 0.0330. The summed E-state index contributed by atoms with van der Waals surface area (Å²) in [6, 6.07) is 0.459. The van der Waals surface area contributed by atoms with E-state index in [4.69, 9.17) is 9.47 Å². The van der Waals surface area contributed by atoms with E-state index in [1.165, 1.54) is 12.8 Å². The van der Waals surface area contributed by atoms with Crippen LogP contribution in [0.2, 0.25) is 0 Å². The monoisotopic (exact) mass is 231 g/mol. The molecule has 3 nitrogen and oxygen atoms in total. The van der Waals surface area contributed by atoms with Crippen LogP contribution in [0.15, 0.2) is 0 Å². The SMILES string of the molecule is CCCCOCCOCC(NC)C(C)CC. The normalized spacial score (nSPS) is 15.0. The van der Waals surface area contributed by atoms with Gasteiger partial charge in [-0.1, -0.05) is 33.6 Å². The molecular weight excluding hydrogens is 202 g/mol. The molecule has 0 fully saturated rings. The zero-order chi connectivity index (χ0) is 12.2. The van der Waals surface area contributed by atoms with Gasteiger partial charge in [0.2, 0.25) is 0 Å². The van der Waals surface area contributed by atoms with Crippen molar-refractivity contribution in [3.8, 4) is 0 Å². The zero-order valence-corrected chi connectivity index (χ0v) is 11.4. The van der Waals surface area contributed by atoms with Crippen LogP contribution in [0.1, 0.15) is 40.0 Å². The van der Waals surface area contributed by atoms with Crippen molar-refractivity contribution in [2.24, 2.45) is 5.92 Å². The van der Waals surface area contributed by atoms with Gasteiger partial charge >= 0.3 is 0 Å². The summed E-state index contributed by atoms with van der Waals surface area (Å²) < 4.78 is 11.0. The minimum Gasteiger partial charge on any atom is -0.379 e. The largest absolute Gasteiger partial charge is 0.379 e. The summed E-state index contributed by atoms with van der Waals surface area (Å²) >= 11 is 0. The molecule has 0 amide bonds. The maximum Gasteiger partial charge on any atom is 0.0701 e. The van der Waals surface area contributed by atoms with Crippen molar-refractivity contribution in [3.63, 3.8) is 0 Å². The summed E-state index contributed by atoms with van der Waals surface area (Å²) in [6.07, 6.45) is 3.52. The van der Waals surface area contributed by atoms with Gasteiger partial charge in [0.1, 0.15) is 0 Å². The van der Waals surface area contributed by atoms with Crippen LogP contribution < -0.4 is 5.32 Å². The minimum atomic E-state index is 0.459. The topological polar surface area (TPSA) is 30.5 Å². The lowest BCUT2D eigenvalue weighted by Crippen LogP contribution is -2.36. The molecule has 0 aliphatic heterocycles. The lowest BCUT2D eigenvalue weighted by atomic mass is 10.0. The molecule has 0 saturated heterocycles. The summed E-state index contributed by atoms with van der Waals surface area (Å²) in [5.41, 5.74) is 0. The van der Waals surface area contributed by atoms with Crippen LogP contribution in [-0.4, -0.2) is 39.5 Å². The van der Waals surface area contributed by atoms with Crippen molar-refractivity contribution < 1.29 is 9.47 Å². The summed E-state index contributed by atoms with van der Waals surface area (Å²) in [5.74, 6) is 0.658. The maximum atomic E-state index is 5.60. The number of hydrogen-bond acceptors (Lipinski definition) is 3. The molecule has 1 N–H and O–H groups in total. The third-order valence-corrected chi connectivity index (χ3v) is 3.01. The van der Waals surface area contributed by atoms with E-state index >= 15 is 0 Å². The molecule has 2 atom stereocenters. The average Bonchev–Trinajstić information content (AvgIpc) is 2.32. The fraction of sp³-hybridized carbons (Fsp3) is 1.00. The Morgan fingerprint density at radius 2 is 1.75 bits per heavy atom. The lowest BCUT2D eigenvalue weighted by Gasteiger charge is -2.22. The second-order valence-electron chi connectivity index (χ2n) is 4.32. The summed E-state index contributed by atoms with van der Waals surface area (Å²) in [6.45, 7) is 9.70. The van der Waals surface area contributed by atoms with Crippen LogP contribution in [0.25, 0.3) is 0 Å². The van der Waals surface area contributed by atoms with Crippen molar-refractivity contribution in [1.29, 1.82) is 0 Å². The molecule has 2 unspecified atom stereocenters. The Labute approximate surface area is 101 Å². The first kappa shape index (κ1) is 15.9. The second kappa shape index (κ2) is 11.4. The smallest absolute Gasteiger partial charge is 0.0701 e. The van der Waals surface area contributed by atoms with Crippen LogP contribution in [0, 0.1) is 5.92 Å². The highest BCUT2D eigenvalue weighted by Gasteiger charge is 2.12. The van der Waals surface area contributed by atoms with E-state index in [9.17, 15) is 0 Å². The van der Waals surface area contributed by atoms with E-state index in [0.717, 1.165) is 26.2 Å². The highest BCUT2D eigenvalue weighted by atomic mass is 16.5. The summed E-state index contributed by atoms with van der Waals surface area (Å²) in [4.78, 5) is 0. The Morgan fingerprint density at radius 3 is 2.31 bits per heavy atom. The molecule has 0 spiro atoms. The first-order valence-corrected chi connectivity index (χ1v) is 6.58. The molecule has 0 heterocycles. The van der Waals surface area contributed by atoms with Gasteiger partial charge in [-0.3, -0.25) is 0 Å². The number of unbranched alkanes of at least 4 members (excludes halogenated alkanes) is 1. The first-order valence-electron chi connectivity index (χ1n) is 6.58. The molecule has 98 valence electrons. The minimum absolute atomic E-state index is 0.459. The molecule has 0 radical (unpaired) electrons. The Hall–Kier alpha value is -0.120. The summed E-state index contributed by atoms with van der Waals surface area (Å²) in [7, 11) is 2.00. The number of rotatable bonds is 11. The van der Waals surface area contributed by atoms with Gasteiger partial charge in [0, 0.05) is 12.6 Å². The maximum absolute atomic E-state index is 5.60. The van der Waals surface area contributed by atoms with Crippen LogP contribution >= 0.6 is 0 Å². The van der Waals surface area contributed by atoms with Crippen molar-refractivity contribution in [3.05, 3.63) is 0 Å². The van der Waals surface area contributed by atoms with Gasteiger partial charge < -0.3 is 14.8 Å². The number of likely N-dealkylation sites (N-methyl/N-ethyl adjacent to an activating group) is 1. The van der Waals surface area contributed by atoms with Gasteiger partial charge in [0.05, 0.1) is 19.8 Å². The third kappa shape index (κ3) is 8.08. The van der Waals surface area contributed by atoms with Crippen molar-refractivity contribution >= 4 is 0 Å². The Bertz CT molecular complexity index is 142. The molecular formula is C13H29NO2. The molecule has 0 bridgehead atoms. The van der Waals surface area contributed by atoms with E-state index in [-0.39, 0.29) is 0 Å². The van der Waals surface area contributed by atoms with E-state index < -0.39 is 0 Å². The fourth-order valence-electron chi connectivity index (χ4n) is 1.49. The predicted molar refractivity (Wildman–Crippen MR) is 68.8 cm³/mol. The van der Waals surface area contributed by atoms with Gasteiger partial charge in [-0.05, 0) is 19.4 Å². The molecule has 0 aromatic heterocycles. The quantitative estimate of drug-likeness (QED) is 0.554. The molecule has 0 aliphatic carbocycles. The highest BCUT2D eigenvalue weighted by molar-refractivity contribution is 4.69. The molecule has 0 aromatic rings. The second-order valence-corrected chi connectivity index (χ2v) is 4.32. The number of nitrogens with one attached hydrogen (secondary N) is 1. The van der Waals surface area contributed by atoms with Gasteiger partial charge in [0.15, 0.2) is 0 Å². The van der Waals surface area contributed by atoms with Gasteiger partial charge in [-0.25, -0.2) is 0 Å². The van der Waals surface area contributed by atoms with Crippen LogP contribution in [0.5, 0.6) is 0 Å². The average molecular weight is 231 g/mol. The number of hydrogen-bond donors (Lipinski definition) is 1. The molecule has 3 heteroatoms. The van der Waals surface area contributed by atoms with Crippen molar-refractivity contribution in [2.45, 2.75) is 46.1 Å². The molecule has 0 aliphatic rings. The molecule has 16 heavy (non-hydrogen) atoms. The van der Waals surface area contributed by atoms with Crippen molar-refractivity contribution in [2.75, 3.05) is 33.5 Å². The van der Waals surface area contributed by atoms with Gasteiger partial charge in [-0.15, -0.1) is 0 Å². The molecule has 0 saturated carbocycles. The number of ether oxygens (including phenoxy) is 2. The third-order valence-electron chi connectivity index (χ3n) is 3.01. The van der Waals surface area contributed by atoms with Gasteiger partial charge in [0.25, 0.3) is 0 Å². The van der Waals surface area contributed by atoms with E-state index in [0.29, 0.717) is 18.6 Å². The molecule has 0 aromatic carbocycles. The first-order chi connectivity index (χ1) is 7.76. The van der Waals surface area contributed by atoms with E-state index in [1.54, 1.807) is 0 Å². The molecule has 0 rings (SSSR count). The predicted octanol–water partition coefficient (Wildman–Crippen LogP) is 2.45. The highest BCUT2D eigenvalue weighted by Crippen LogP contribution is 2.07. The van der Waals surface area contributed by atoms with E-state index in [2.05, 4.69) is 26.1 Å². The van der Waals surface area contributed by atoms with Crippen molar-refractivity contribution in [1.82, 2.24) is 5.32 Å². The summed E-state index contributed by atoms with van der Waals surface area (Å²) in [5, 5.41) is 3.30. The van der Waals surface area contributed by atoms with Gasteiger partial charge in [-0.2, -0.15) is 0 Å². The van der Waals surface area contributed by atoms with Crippen LogP contribution in [0.4, 0.5) is 0 Å². The Morgan fingerprint density at radius 1 is 1.06 bits per heavy atom. The Kier molecular flexibility index (Phi) is 11.3.